The van der Waals surface area contributed by atoms with Crippen molar-refractivity contribution in [2.24, 2.45) is 5.92 Å². The Morgan fingerprint density at radius 1 is 1.09 bits per heavy atom. The van der Waals surface area contributed by atoms with Crippen LogP contribution in [0.3, 0.4) is 0 Å². The second-order valence-electron chi connectivity index (χ2n) is 6.68. The number of carbonyl (C=O) groups is 1. The minimum atomic E-state index is 0.230. The maximum atomic E-state index is 12.4. The molecule has 2 aliphatic rings. The van der Waals surface area contributed by atoms with Gasteiger partial charge in [0.15, 0.2) is 0 Å². The molecule has 3 rings (SSSR count). The van der Waals surface area contributed by atoms with Gasteiger partial charge in [0.25, 0.3) is 0 Å². The van der Waals surface area contributed by atoms with Gasteiger partial charge < -0.3 is 10.2 Å². The fourth-order valence-electron chi connectivity index (χ4n) is 3.50. The van der Waals surface area contributed by atoms with Gasteiger partial charge in [-0.1, -0.05) is 23.7 Å². The van der Waals surface area contributed by atoms with Crippen LogP contribution in [0.1, 0.15) is 18.4 Å². The summed E-state index contributed by atoms with van der Waals surface area (Å²) >= 11 is 5.89. The number of benzene rings is 1. The Hall–Kier alpha value is -1.10. The van der Waals surface area contributed by atoms with Crippen molar-refractivity contribution in [3.05, 3.63) is 34.9 Å². The van der Waals surface area contributed by atoms with Gasteiger partial charge in [-0.2, -0.15) is 0 Å². The van der Waals surface area contributed by atoms with E-state index in [1.54, 1.807) is 0 Å². The third-order valence-electron chi connectivity index (χ3n) is 4.97. The molecular weight excluding hydrogens is 310 g/mol. The predicted molar refractivity (Wildman–Crippen MR) is 93.8 cm³/mol. The topological polar surface area (TPSA) is 35.6 Å². The predicted octanol–water partition coefficient (Wildman–Crippen LogP) is 2.03. The Kier molecular flexibility index (Phi) is 5.92. The summed E-state index contributed by atoms with van der Waals surface area (Å²) < 4.78 is 0. The van der Waals surface area contributed by atoms with E-state index in [9.17, 15) is 4.79 Å². The Labute approximate surface area is 143 Å². The SMILES string of the molecule is O=C(Cc1ccc(Cl)cc1)N1CCN(CC2CCNCC2)CC1. The average molecular weight is 336 g/mol. The number of carbonyl (C=O) groups excluding carboxylic acids is 1. The molecule has 4 nitrogen and oxygen atoms in total. The number of nitrogens with zero attached hydrogens (tertiary/aromatic N) is 2. The number of hydrogen-bond acceptors (Lipinski definition) is 3. The van der Waals surface area contributed by atoms with Gasteiger partial charge in [0, 0.05) is 37.7 Å². The average Bonchev–Trinajstić information content (AvgIpc) is 2.58. The summed E-state index contributed by atoms with van der Waals surface area (Å²) in [6.07, 6.45) is 3.05. The van der Waals surface area contributed by atoms with Crippen molar-refractivity contribution >= 4 is 17.5 Å². The van der Waals surface area contributed by atoms with Crippen LogP contribution in [0.15, 0.2) is 24.3 Å². The minimum absolute atomic E-state index is 0.230. The number of amides is 1. The van der Waals surface area contributed by atoms with Gasteiger partial charge in [0.2, 0.25) is 5.91 Å². The molecule has 0 aliphatic carbocycles. The van der Waals surface area contributed by atoms with E-state index in [0.29, 0.717) is 11.4 Å². The molecule has 0 atom stereocenters. The van der Waals surface area contributed by atoms with Crippen LogP contribution in [0.4, 0.5) is 0 Å². The highest BCUT2D eigenvalue weighted by Crippen LogP contribution is 2.16. The zero-order valence-corrected chi connectivity index (χ0v) is 14.4. The molecular formula is C18H26ClN3O. The van der Waals surface area contributed by atoms with Crippen LogP contribution >= 0.6 is 11.6 Å². The molecule has 0 aromatic heterocycles. The van der Waals surface area contributed by atoms with E-state index in [1.165, 1.54) is 19.4 Å². The number of halogens is 1. The van der Waals surface area contributed by atoms with Crippen LogP contribution in [0.5, 0.6) is 0 Å². The van der Waals surface area contributed by atoms with Crippen molar-refractivity contribution in [3.8, 4) is 0 Å². The monoisotopic (exact) mass is 335 g/mol. The second kappa shape index (κ2) is 8.13. The molecule has 1 aromatic carbocycles. The fourth-order valence-corrected chi connectivity index (χ4v) is 3.62. The van der Waals surface area contributed by atoms with Gasteiger partial charge in [0.1, 0.15) is 0 Å². The molecule has 0 saturated carbocycles. The largest absolute Gasteiger partial charge is 0.340 e. The van der Waals surface area contributed by atoms with Gasteiger partial charge in [-0.3, -0.25) is 9.69 Å². The summed E-state index contributed by atoms with van der Waals surface area (Å²) in [6, 6.07) is 7.57. The molecule has 2 fully saturated rings. The molecule has 23 heavy (non-hydrogen) atoms. The van der Waals surface area contributed by atoms with Crippen LogP contribution in [0.2, 0.25) is 5.02 Å². The van der Waals surface area contributed by atoms with Crippen LogP contribution in [-0.2, 0) is 11.2 Å². The smallest absolute Gasteiger partial charge is 0.227 e. The van der Waals surface area contributed by atoms with Crippen LogP contribution in [-0.4, -0.2) is 61.5 Å². The van der Waals surface area contributed by atoms with Gasteiger partial charge in [-0.15, -0.1) is 0 Å². The molecule has 2 aliphatic heterocycles. The van der Waals surface area contributed by atoms with Crippen molar-refractivity contribution in [3.63, 3.8) is 0 Å². The summed E-state index contributed by atoms with van der Waals surface area (Å²) in [5, 5.41) is 4.14. The Morgan fingerprint density at radius 2 is 1.74 bits per heavy atom. The first-order chi connectivity index (χ1) is 11.2. The Bertz CT molecular complexity index is 506. The summed E-state index contributed by atoms with van der Waals surface area (Å²) in [5.41, 5.74) is 1.04. The standard InChI is InChI=1S/C18H26ClN3O/c19-17-3-1-15(2-4-17)13-18(23)22-11-9-21(10-12-22)14-16-5-7-20-8-6-16/h1-4,16,20H,5-14H2. The van der Waals surface area contributed by atoms with Crippen LogP contribution in [0, 0.1) is 5.92 Å². The molecule has 1 N–H and O–H groups in total. The fraction of sp³-hybridized carbons (Fsp3) is 0.611. The summed E-state index contributed by atoms with van der Waals surface area (Å²) in [5.74, 6) is 1.06. The van der Waals surface area contributed by atoms with Gasteiger partial charge in [0.05, 0.1) is 6.42 Å². The second-order valence-corrected chi connectivity index (χ2v) is 7.11. The van der Waals surface area contributed by atoms with Crippen LogP contribution in [0.25, 0.3) is 0 Å². The van der Waals surface area contributed by atoms with Crippen molar-refractivity contribution in [2.45, 2.75) is 19.3 Å². The van der Waals surface area contributed by atoms with Gasteiger partial charge in [-0.05, 0) is 49.5 Å². The molecule has 2 heterocycles. The van der Waals surface area contributed by atoms with E-state index in [2.05, 4.69) is 10.2 Å². The highest BCUT2D eigenvalue weighted by molar-refractivity contribution is 6.30. The lowest BCUT2D eigenvalue weighted by molar-refractivity contribution is -0.132. The molecule has 0 unspecified atom stereocenters. The molecule has 1 amide bonds. The highest BCUT2D eigenvalue weighted by atomic mass is 35.5. The third kappa shape index (κ3) is 4.93. The molecule has 0 radical (unpaired) electrons. The van der Waals surface area contributed by atoms with Crippen molar-refractivity contribution in [1.29, 1.82) is 0 Å². The highest BCUT2D eigenvalue weighted by Gasteiger charge is 2.23. The zero-order valence-electron chi connectivity index (χ0n) is 13.6. The van der Waals surface area contributed by atoms with E-state index in [0.717, 1.165) is 50.7 Å². The molecule has 2 saturated heterocycles. The molecule has 0 bridgehead atoms. The van der Waals surface area contributed by atoms with Crippen molar-refractivity contribution in [2.75, 3.05) is 45.8 Å². The molecule has 126 valence electrons. The number of hydrogen-bond donors (Lipinski definition) is 1. The lowest BCUT2D eigenvalue weighted by Gasteiger charge is -2.37. The number of nitrogens with one attached hydrogen (secondary N) is 1. The summed E-state index contributed by atoms with van der Waals surface area (Å²) in [7, 11) is 0. The van der Waals surface area contributed by atoms with E-state index >= 15 is 0 Å². The van der Waals surface area contributed by atoms with E-state index in [1.807, 2.05) is 29.2 Å². The van der Waals surface area contributed by atoms with E-state index in [4.69, 9.17) is 11.6 Å². The van der Waals surface area contributed by atoms with Crippen LogP contribution < -0.4 is 5.32 Å². The lowest BCUT2D eigenvalue weighted by atomic mass is 9.97. The summed E-state index contributed by atoms with van der Waals surface area (Å²) in [6.45, 7) is 7.25. The first kappa shape index (κ1) is 16.7. The zero-order chi connectivity index (χ0) is 16.1. The van der Waals surface area contributed by atoms with Crippen molar-refractivity contribution in [1.82, 2.24) is 15.1 Å². The van der Waals surface area contributed by atoms with E-state index in [-0.39, 0.29) is 5.91 Å². The molecule has 1 aromatic rings. The normalized spacial score (nSPS) is 20.7. The maximum absolute atomic E-state index is 12.4. The van der Waals surface area contributed by atoms with Crippen molar-refractivity contribution < 1.29 is 4.79 Å². The maximum Gasteiger partial charge on any atom is 0.227 e. The first-order valence-electron chi connectivity index (χ1n) is 8.66. The minimum Gasteiger partial charge on any atom is -0.340 e. The number of piperazine rings is 1. The Morgan fingerprint density at radius 3 is 2.39 bits per heavy atom. The van der Waals surface area contributed by atoms with Gasteiger partial charge in [-0.25, -0.2) is 0 Å². The summed E-state index contributed by atoms with van der Waals surface area (Å²) in [4.78, 5) is 17.0. The number of piperidine rings is 1. The molecule has 5 heteroatoms. The number of rotatable bonds is 4. The molecule has 0 spiro atoms. The quantitative estimate of drug-likeness (QED) is 0.914. The van der Waals surface area contributed by atoms with Gasteiger partial charge >= 0.3 is 0 Å². The Balaban J connectivity index is 1.42. The first-order valence-corrected chi connectivity index (χ1v) is 9.04. The third-order valence-corrected chi connectivity index (χ3v) is 5.22. The van der Waals surface area contributed by atoms with E-state index < -0.39 is 0 Å². The lowest BCUT2D eigenvalue weighted by Crippen LogP contribution is -2.50.